The second-order valence-electron chi connectivity index (χ2n) is 6.62. The van der Waals surface area contributed by atoms with E-state index in [0.717, 1.165) is 11.4 Å². The Kier molecular flexibility index (Phi) is 6.81. The molecule has 9 heteroatoms. The Morgan fingerprint density at radius 1 is 1.10 bits per heavy atom. The molecule has 0 amide bonds. The topological polar surface area (TPSA) is 82.9 Å². The number of methoxy groups -OCH3 is 2. The zero-order valence-corrected chi connectivity index (χ0v) is 18.3. The summed E-state index contributed by atoms with van der Waals surface area (Å²) in [5.41, 5.74) is 2.40. The number of rotatable bonds is 6. The summed E-state index contributed by atoms with van der Waals surface area (Å²) in [5, 5.41) is 4.63. The molecule has 0 fully saturated rings. The normalized spacial score (nSPS) is 13.3. The quantitative estimate of drug-likeness (QED) is 0.632. The van der Waals surface area contributed by atoms with Crippen LogP contribution in [0, 0.1) is 6.92 Å². The summed E-state index contributed by atoms with van der Waals surface area (Å²) in [5.74, 6) is -0.888. The summed E-state index contributed by atoms with van der Waals surface area (Å²) in [6.45, 7) is 2.20. The Balaban J connectivity index is 1.93. The van der Waals surface area contributed by atoms with Gasteiger partial charge in [-0.15, -0.1) is 0 Å². The highest BCUT2D eigenvalue weighted by Gasteiger charge is 2.27. The first kappa shape index (κ1) is 22.2. The SMILES string of the molecule is COC(=O)C1=C(C(=O)OC)N(c2ccc(OCc3cc(C)nn3C)c(Cl)c2)C=CC=C1. The van der Waals surface area contributed by atoms with Crippen molar-refractivity contribution >= 4 is 29.2 Å². The summed E-state index contributed by atoms with van der Waals surface area (Å²) in [6.07, 6.45) is 6.43. The number of halogens is 1. The highest BCUT2D eigenvalue weighted by Crippen LogP contribution is 2.33. The largest absolute Gasteiger partial charge is 0.486 e. The lowest BCUT2D eigenvalue weighted by Gasteiger charge is -2.23. The number of hydrogen-bond acceptors (Lipinski definition) is 7. The number of aryl methyl sites for hydroxylation is 2. The van der Waals surface area contributed by atoms with E-state index in [2.05, 4.69) is 5.10 Å². The van der Waals surface area contributed by atoms with Crippen LogP contribution in [-0.4, -0.2) is 35.9 Å². The average Bonchev–Trinajstić information content (AvgIpc) is 2.95. The maximum atomic E-state index is 12.5. The van der Waals surface area contributed by atoms with Crippen LogP contribution in [0.2, 0.25) is 5.02 Å². The van der Waals surface area contributed by atoms with E-state index in [0.29, 0.717) is 23.1 Å². The first-order chi connectivity index (χ1) is 14.8. The predicted molar refractivity (Wildman–Crippen MR) is 116 cm³/mol. The molecule has 0 spiro atoms. The van der Waals surface area contributed by atoms with E-state index in [9.17, 15) is 9.59 Å². The number of carbonyl (C=O) groups excluding carboxylic acids is 2. The minimum atomic E-state index is -0.695. The van der Waals surface area contributed by atoms with E-state index in [4.69, 9.17) is 25.8 Å². The van der Waals surface area contributed by atoms with Crippen molar-refractivity contribution in [3.05, 3.63) is 76.4 Å². The van der Waals surface area contributed by atoms with Crippen molar-refractivity contribution in [2.24, 2.45) is 7.05 Å². The summed E-state index contributed by atoms with van der Waals surface area (Å²) < 4.78 is 17.3. The molecule has 0 saturated carbocycles. The van der Waals surface area contributed by atoms with Crippen LogP contribution in [0.4, 0.5) is 5.69 Å². The molecule has 0 aliphatic carbocycles. The van der Waals surface area contributed by atoms with Crippen LogP contribution in [-0.2, 0) is 32.7 Å². The van der Waals surface area contributed by atoms with Gasteiger partial charge in [0, 0.05) is 18.9 Å². The number of esters is 2. The van der Waals surface area contributed by atoms with E-state index in [-0.39, 0.29) is 11.3 Å². The zero-order valence-electron chi connectivity index (χ0n) is 17.6. The van der Waals surface area contributed by atoms with Crippen molar-refractivity contribution in [1.29, 1.82) is 0 Å². The van der Waals surface area contributed by atoms with Gasteiger partial charge in [-0.2, -0.15) is 5.10 Å². The molecule has 0 unspecified atom stereocenters. The first-order valence-corrected chi connectivity index (χ1v) is 9.70. The van der Waals surface area contributed by atoms with Gasteiger partial charge in [0.05, 0.1) is 36.2 Å². The predicted octanol–water partition coefficient (Wildman–Crippen LogP) is 3.45. The van der Waals surface area contributed by atoms with Crippen molar-refractivity contribution in [3.63, 3.8) is 0 Å². The second-order valence-corrected chi connectivity index (χ2v) is 7.03. The van der Waals surface area contributed by atoms with Gasteiger partial charge < -0.3 is 19.1 Å². The van der Waals surface area contributed by atoms with Crippen molar-refractivity contribution in [2.75, 3.05) is 19.1 Å². The third kappa shape index (κ3) is 4.80. The monoisotopic (exact) mass is 443 g/mol. The lowest BCUT2D eigenvalue weighted by atomic mass is 10.1. The Bertz CT molecular complexity index is 1100. The van der Waals surface area contributed by atoms with Crippen LogP contribution in [0.3, 0.4) is 0 Å². The highest BCUT2D eigenvalue weighted by atomic mass is 35.5. The van der Waals surface area contributed by atoms with Gasteiger partial charge in [0.1, 0.15) is 18.1 Å². The first-order valence-electron chi connectivity index (χ1n) is 9.32. The fourth-order valence-electron chi connectivity index (χ4n) is 3.07. The molecule has 1 aromatic carbocycles. The fraction of sp³-hybridized carbons (Fsp3) is 0.227. The second kappa shape index (κ2) is 9.53. The number of aromatic nitrogens is 2. The van der Waals surface area contributed by atoms with Gasteiger partial charge in [-0.25, -0.2) is 9.59 Å². The van der Waals surface area contributed by atoms with Crippen molar-refractivity contribution in [1.82, 2.24) is 9.78 Å². The van der Waals surface area contributed by atoms with Crippen LogP contribution < -0.4 is 9.64 Å². The number of benzene rings is 1. The maximum absolute atomic E-state index is 12.5. The van der Waals surface area contributed by atoms with Gasteiger partial charge in [-0.1, -0.05) is 17.7 Å². The summed E-state index contributed by atoms with van der Waals surface area (Å²) in [6, 6.07) is 6.99. The Hall–Kier alpha value is -3.52. The lowest BCUT2D eigenvalue weighted by molar-refractivity contribution is -0.139. The number of hydrogen-bond donors (Lipinski definition) is 0. The standard InChI is InChI=1S/C22H22ClN3O5/c1-14-11-16(25(2)24-14)13-31-19-9-8-15(12-18(19)23)26-10-6-5-7-17(21(27)29-3)20(26)22(28)30-4/h5-12H,13H2,1-4H3. The van der Waals surface area contributed by atoms with Gasteiger partial charge in [0.15, 0.2) is 0 Å². The smallest absolute Gasteiger partial charge is 0.355 e. The molecular weight excluding hydrogens is 422 g/mol. The minimum absolute atomic E-state index is 0.00875. The van der Waals surface area contributed by atoms with E-state index in [1.165, 1.54) is 25.2 Å². The van der Waals surface area contributed by atoms with Crippen LogP contribution in [0.1, 0.15) is 11.4 Å². The van der Waals surface area contributed by atoms with Gasteiger partial charge in [0.25, 0.3) is 0 Å². The molecule has 8 nitrogen and oxygen atoms in total. The zero-order chi connectivity index (χ0) is 22.5. The van der Waals surface area contributed by atoms with E-state index in [1.54, 1.807) is 41.2 Å². The molecule has 2 heterocycles. The molecule has 0 atom stereocenters. The molecule has 162 valence electrons. The van der Waals surface area contributed by atoms with Crippen LogP contribution in [0.25, 0.3) is 0 Å². The fourth-order valence-corrected chi connectivity index (χ4v) is 3.30. The lowest BCUT2D eigenvalue weighted by Crippen LogP contribution is -2.26. The Morgan fingerprint density at radius 2 is 1.84 bits per heavy atom. The number of anilines is 1. The van der Waals surface area contributed by atoms with Crippen LogP contribution >= 0.6 is 11.6 Å². The third-order valence-corrected chi connectivity index (χ3v) is 4.85. The highest BCUT2D eigenvalue weighted by molar-refractivity contribution is 6.32. The molecule has 2 aromatic rings. The van der Waals surface area contributed by atoms with Crippen molar-refractivity contribution in [2.45, 2.75) is 13.5 Å². The molecule has 3 rings (SSSR count). The molecule has 1 aliphatic rings. The number of carbonyl (C=O) groups is 2. The Morgan fingerprint density at radius 3 is 2.45 bits per heavy atom. The molecule has 0 radical (unpaired) electrons. The summed E-state index contributed by atoms with van der Waals surface area (Å²) in [4.78, 5) is 26.3. The molecule has 0 bridgehead atoms. The molecule has 1 aliphatic heterocycles. The molecule has 0 saturated heterocycles. The van der Waals surface area contributed by atoms with Gasteiger partial charge in [0.2, 0.25) is 0 Å². The van der Waals surface area contributed by atoms with Gasteiger partial charge in [-0.05, 0) is 43.3 Å². The average molecular weight is 444 g/mol. The molecule has 0 N–H and O–H groups in total. The maximum Gasteiger partial charge on any atom is 0.355 e. The van der Waals surface area contributed by atoms with Gasteiger partial charge in [-0.3, -0.25) is 4.68 Å². The van der Waals surface area contributed by atoms with Crippen LogP contribution in [0.5, 0.6) is 5.75 Å². The number of ether oxygens (including phenoxy) is 3. The van der Waals surface area contributed by atoms with E-state index >= 15 is 0 Å². The number of nitrogens with zero attached hydrogens (tertiary/aromatic N) is 3. The third-order valence-electron chi connectivity index (χ3n) is 4.56. The summed E-state index contributed by atoms with van der Waals surface area (Å²) in [7, 11) is 4.33. The molecular formula is C22H22ClN3O5. The molecule has 1 aromatic heterocycles. The van der Waals surface area contributed by atoms with Gasteiger partial charge >= 0.3 is 11.9 Å². The summed E-state index contributed by atoms with van der Waals surface area (Å²) >= 11 is 6.45. The van der Waals surface area contributed by atoms with Crippen molar-refractivity contribution < 1.29 is 23.8 Å². The Labute approximate surface area is 184 Å². The minimum Gasteiger partial charge on any atom is -0.486 e. The number of allylic oxidation sites excluding steroid dienone is 2. The van der Waals surface area contributed by atoms with E-state index < -0.39 is 11.9 Å². The van der Waals surface area contributed by atoms with Crippen LogP contribution in [0.15, 0.2) is 60.0 Å². The van der Waals surface area contributed by atoms with Crippen molar-refractivity contribution in [3.8, 4) is 5.75 Å². The van der Waals surface area contributed by atoms with E-state index in [1.807, 2.05) is 20.0 Å². The molecule has 31 heavy (non-hydrogen) atoms.